The second-order valence-corrected chi connectivity index (χ2v) is 8.02. The molecule has 0 N–H and O–H groups in total. The second kappa shape index (κ2) is 7.66. The summed E-state index contributed by atoms with van der Waals surface area (Å²) in [5.41, 5.74) is 14.6. The van der Waals surface area contributed by atoms with E-state index in [0.717, 1.165) is 18.4 Å². The van der Waals surface area contributed by atoms with E-state index in [1.54, 1.807) is 27.8 Å². The van der Waals surface area contributed by atoms with E-state index in [1.165, 1.54) is 41.5 Å². The smallest absolute Gasteiger partial charge is 0.0161 e. The van der Waals surface area contributed by atoms with Crippen molar-refractivity contribution in [2.45, 2.75) is 66.7 Å². The average molecular weight is 345 g/mol. The lowest BCUT2D eigenvalue weighted by Crippen LogP contribution is -2.04. The maximum Gasteiger partial charge on any atom is -0.0161 e. The first-order valence-corrected chi connectivity index (χ1v) is 9.92. The molecule has 0 saturated heterocycles. The lowest BCUT2D eigenvalue weighted by molar-refractivity contribution is 0.902. The first kappa shape index (κ1) is 18.7. The quantitative estimate of drug-likeness (QED) is 0.539. The standard InChI is InChI=1S/C26H32/c1-17(2)23-11-8-7-10-22(23)16-18(3)14-15-24-19(4)20(5)25-12-9-13-26(25)21(24)6/h7-8,10-11,16H,1,9,12-15H2,2-6H3/b18-16+. The van der Waals surface area contributed by atoms with Crippen LogP contribution in [-0.4, -0.2) is 0 Å². The molecule has 2 aromatic carbocycles. The van der Waals surface area contributed by atoms with Gasteiger partial charge in [-0.1, -0.05) is 48.1 Å². The normalized spacial score (nSPS) is 13.8. The first-order valence-electron chi connectivity index (χ1n) is 9.92. The molecule has 0 aliphatic heterocycles. The number of hydrogen-bond acceptors (Lipinski definition) is 0. The fourth-order valence-corrected chi connectivity index (χ4v) is 4.53. The molecule has 0 heterocycles. The Morgan fingerprint density at radius 2 is 1.62 bits per heavy atom. The van der Waals surface area contributed by atoms with Crippen LogP contribution in [0.25, 0.3) is 11.6 Å². The number of rotatable bonds is 5. The van der Waals surface area contributed by atoms with Gasteiger partial charge in [0, 0.05) is 0 Å². The molecule has 0 bridgehead atoms. The van der Waals surface area contributed by atoms with Crippen molar-refractivity contribution in [1.29, 1.82) is 0 Å². The average Bonchev–Trinajstić information content (AvgIpc) is 3.10. The summed E-state index contributed by atoms with van der Waals surface area (Å²) >= 11 is 0. The molecule has 136 valence electrons. The minimum atomic E-state index is 1.12. The van der Waals surface area contributed by atoms with Gasteiger partial charge < -0.3 is 0 Å². The number of allylic oxidation sites excluding steroid dienone is 2. The van der Waals surface area contributed by atoms with Crippen molar-refractivity contribution >= 4 is 11.6 Å². The molecule has 0 radical (unpaired) electrons. The third-order valence-electron chi connectivity index (χ3n) is 6.18. The minimum absolute atomic E-state index is 1.12. The van der Waals surface area contributed by atoms with Gasteiger partial charge in [0.25, 0.3) is 0 Å². The third-order valence-corrected chi connectivity index (χ3v) is 6.18. The summed E-state index contributed by atoms with van der Waals surface area (Å²) in [7, 11) is 0. The van der Waals surface area contributed by atoms with Gasteiger partial charge in [-0.05, 0) is 111 Å². The Bertz CT molecular complexity index is 877. The SMILES string of the molecule is C=C(C)c1ccccc1/C=C(\C)CCc1c(C)c(C)c2c(c1C)CCC2. The van der Waals surface area contributed by atoms with E-state index in [4.69, 9.17) is 0 Å². The largest absolute Gasteiger partial charge is 0.0955 e. The van der Waals surface area contributed by atoms with Crippen LogP contribution in [0.4, 0.5) is 0 Å². The highest BCUT2D eigenvalue weighted by Gasteiger charge is 2.20. The summed E-state index contributed by atoms with van der Waals surface area (Å²) in [5, 5.41) is 0. The molecule has 0 amide bonds. The predicted molar refractivity (Wildman–Crippen MR) is 116 cm³/mol. The van der Waals surface area contributed by atoms with Gasteiger partial charge in [0.15, 0.2) is 0 Å². The van der Waals surface area contributed by atoms with Gasteiger partial charge in [-0.15, -0.1) is 0 Å². The molecule has 0 aromatic heterocycles. The van der Waals surface area contributed by atoms with Crippen LogP contribution in [0.1, 0.15) is 71.2 Å². The van der Waals surface area contributed by atoms with Crippen molar-refractivity contribution in [1.82, 2.24) is 0 Å². The van der Waals surface area contributed by atoms with Gasteiger partial charge in [0.05, 0.1) is 0 Å². The second-order valence-electron chi connectivity index (χ2n) is 8.02. The van der Waals surface area contributed by atoms with Crippen LogP contribution in [0.5, 0.6) is 0 Å². The molecule has 0 atom stereocenters. The molecule has 0 heteroatoms. The highest BCUT2D eigenvalue weighted by Crippen LogP contribution is 2.34. The summed E-state index contributed by atoms with van der Waals surface area (Å²) < 4.78 is 0. The zero-order valence-electron chi connectivity index (χ0n) is 17.1. The van der Waals surface area contributed by atoms with E-state index in [1.807, 2.05) is 0 Å². The Hall–Kier alpha value is -2.08. The summed E-state index contributed by atoms with van der Waals surface area (Å²) in [4.78, 5) is 0. The van der Waals surface area contributed by atoms with Crippen LogP contribution >= 0.6 is 0 Å². The van der Waals surface area contributed by atoms with E-state index in [-0.39, 0.29) is 0 Å². The minimum Gasteiger partial charge on any atom is -0.0955 e. The van der Waals surface area contributed by atoms with E-state index >= 15 is 0 Å². The molecule has 0 spiro atoms. The van der Waals surface area contributed by atoms with Gasteiger partial charge >= 0.3 is 0 Å². The van der Waals surface area contributed by atoms with Gasteiger partial charge in [0.1, 0.15) is 0 Å². The summed E-state index contributed by atoms with van der Waals surface area (Å²) in [6.07, 6.45) is 8.48. The van der Waals surface area contributed by atoms with E-state index < -0.39 is 0 Å². The zero-order chi connectivity index (χ0) is 18.8. The molecule has 0 fully saturated rings. The Kier molecular flexibility index (Phi) is 5.51. The summed E-state index contributed by atoms with van der Waals surface area (Å²) in [5.74, 6) is 0. The maximum absolute atomic E-state index is 4.12. The number of benzene rings is 2. The zero-order valence-corrected chi connectivity index (χ0v) is 17.1. The van der Waals surface area contributed by atoms with Crippen LogP contribution < -0.4 is 0 Å². The lowest BCUT2D eigenvalue weighted by atomic mass is 9.87. The monoisotopic (exact) mass is 344 g/mol. The number of fused-ring (bicyclic) bond motifs is 1. The molecule has 0 saturated carbocycles. The van der Waals surface area contributed by atoms with Gasteiger partial charge in [-0.25, -0.2) is 0 Å². The molecular formula is C26H32. The fourth-order valence-electron chi connectivity index (χ4n) is 4.53. The molecule has 0 nitrogen and oxygen atoms in total. The van der Waals surface area contributed by atoms with E-state index in [2.05, 4.69) is 71.5 Å². The fraction of sp³-hybridized carbons (Fsp3) is 0.385. The first-order chi connectivity index (χ1) is 12.4. The molecule has 2 aromatic rings. The molecule has 26 heavy (non-hydrogen) atoms. The molecule has 3 rings (SSSR count). The van der Waals surface area contributed by atoms with Crippen molar-refractivity contribution < 1.29 is 0 Å². The van der Waals surface area contributed by atoms with E-state index in [0.29, 0.717) is 0 Å². The van der Waals surface area contributed by atoms with Gasteiger partial charge in [0.2, 0.25) is 0 Å². The Morgan fingerprint density at radius 3 is 2.31 bits per heavy atom. The maximum atomic E-state index is 4.12. The van der Waals surface area contributed by atoms with Gasteiger partial charge in [-0.3, -0.25) is 0 Å². The van der Waals surface area contributed by atoms with Crippen molar-refractivity contribution in [3.63, 3.8) is 0 Å². The van der Waals surface area contributed by atoms with Crippen LogP contribution in [0.2, 0.25) is 0 Å². The van der Waals surface area contributed by atoms with Crippen molar-refractivity contribution in [2.24, 2.45) is 0 Å². The van der Waals surface area contributed by atoms with E-state index in [9.17, 15) is 0 Å². The molecule has 1 aliphatic rings. The van der Waals surface area contributed by atoms with Crippen LogP contribution in [0.15, 0.2) is 36.4 Å². The topological polar surface area (TPSA) is 0 Å². The predicted octanol–water partition coefficient (Wildman–Crippen LogP) is 7.17. The van der Waals surface area contributed by atoms with Crippen molar-refractivity contribution in [2.75, 3.05) is 0 Å². The summed E-state index contributed by atoms with van der Waals surface area (Å²) in [6.45, 7) is 15.5. The molecule has 1 aliphatic carbocycles. The Labute approximate surface area is 159 Å². The third kappa shape index (κ3) is 3.56. The lowest BCUT2D eigenvalue weighted by Gasteiger charge is -2.18. The van der Waals surface area contributed by atoms with Crippen molar-refractivity contribution in [3.05, 3.63) is 80.9 Å². The van der Waals surface area contributed by atoms with Crippen LogP contribution in [0, 0.1) is 20.8 Å². The van der Waals surface area contributed by atoms with Gasteiger partial charge in [-0.2, -0.15) is 0 Å². The Balaban J connectivity index is 1.84. The highest BCUT2D eigenvalue weighted by atomic mass is 14.3. The van der Waals surface area contributed by atoms with Crippen LogP contribution in [0.3, 0.4) is 0 Å². The van der Waals surface area contributed by atoms with Crippen LogP contribution in [-0.2, 0) is 19.3 Å². The molecular weight excluding hydrogens is 312 g/mol. The Morgan fingerprint density at radius 1 is 0.962 bits per heavy atom. The number of hydrogen-bond donors (Lipinski definition) is 0. The molecule has 0 unspecified atom stereocenters. The summed E-state index contributed by atoms with van der Waals surface area (Å²) in [6, 6.07) is 8.57. The van der Waals surface area contributed by atoms with Crippen molar-refractivity contribution in [3.8, 4) is 0 Å². The highest BCUT2D eigenvalue weighted by molar-refractivity contribution is 5.72.